The van der Waals surface area contributed by atoms with E-state index in [1.165, 1.54) is 18.6 Å². The maximum Gasteiger partial charge on any atom is 0.251 e. The smallest absolute Gasteiger partial charge is 0.251 e. The fourth-order valence-corrected chi connectivity index (χ4v) is 3.46. The van der Waals surface area contributed by atoms with Gasteiger partial charge in [0.15, 0.2) is 0 Å². The van der Waals surface area contributed by atoms with E-state index in [9.17, 15) is 9.18 Å². The Kier molecular flexibility index (Phi) is 5.58. The minimum absolute atomic E-state index is 0.0932. The molecule has 144 valence electrons. The SMILES string of the molecule is O=c1cc(C[C@H](NCc2cccnc2)c2ccc(F)cc2)nc(C2CCC2)[nH]1. The number of H-pyrrole nitrogens is 1. The normalized spacial score (nSPS) is 15.2. The molecule has 6 heteroatoms. The number of aromatic amines is 1. The van der Waals surface area contributed by atoms with Gasteiger partial charge >= 0.3 is 0 Å². The second-order valence-corrected chi connectivity index (χ2v) is 7.30. The van der Waals surface area contributed by atoms with E-state index in [0.29, 0.717) is 18.9 Å². The summed E-state index contributed by atoms with van der Waals surface area (Å²) in [6.07, 6.45) is 7.44. The van der Waals surface area contributed by atoms with Crippen LogP contribution in [0, 0.1) is 5.82 Å². The summed E-state index contributed by atoms with van der Waals surface area (Å²) in [6, 6.07) is 11.8. The number of nitrogens with one attached hydrogen (secondary N) is 2. The zero-order valence-electron chi connectivity index (χ0n) is 15.6. The number of hydrogen-bond acceptors (Lipinski definition) is 4. The van der Waals surface area contributed by atoms with Crippen LogP contribution in [0.2, 0.25) is 0 Å². The molecule has 2 heterocycles. The van der Waals surface area contributed by atoms with Gasteiger partial charge in [0.2, 0.25) is 0 Å². The van der Waals surface area contributed by atoms with Gasteiger partial charge in [-0.15, -0.1) is 0 Å². The van der Waals surface area contributed by atoms with Crippen molar-refractivity contribution < 1.29 is 4.39 Å². The zero-order chi connectivity index (χ0) is 19.3. The third-order valence-electron chi connectivity index (χ3n) is 5.27. The topological polar surface area (TPSA) is 70.7 Å². The summed E-state index contributed by atoms with van der Waals surface area (Å²) < 4.78 is 13.4. The number of benzene rings is 1. The van der Waals surface area contributed by atoms with Crippen LogP contribution >= 0.6 is 0 Å². The molecule has 0 amide bonds. The van der Waals surface area contributed by atoms with Crippen molar-refractivity contribution in [1.29, 1.82) is 0 Å². The number of pyridine rings is 1. The van der Waals surface area contributed by atoms with Gasteiger partial charge in [-0.1, -0.05) is 24.6 Å². The number of nitrogens with zero attached hydrogens (tertiary/aromatic N) is 2. The Labute approximate surface area is 163 Å². The Morgan fingerprint density at radius 2 is 2.04 bits per heavy atom. The molecular weight excluding hydrogens is 355 g/mol. The fourth-order valence-electron chi connectivity index (χ4n) is 3.46. The molecule has 1 fully saturated rings. The van der Waals surface area contributed by atoms with E-state index in [1.54, 1.807) is 24.4 Å². The quantitative estimate of drug-likeness (QED) is 0.658. The van der Waals surface area contributed by atoms with Crippen molar-refractivity contribution in [1.82, 2.24) is 20.3 Å². The molecule has 0 radical (unpaired) electrons. The zero-order valence-corrected chi connectivity index (χ0v) is 15.6. The van der Waals surface area contributed by atoms with Gasteiger partial charge in [0.25, 0.3) is 5.56 Å². The molecule has 4 rings (SSSR count). The lowest BCUT2D eigenvalue weighted by Crippen LogP contribution is -2.25. The summed E-state index contributed by atoms with van der Waals surface area (Å²) in [5.41, 5.74) is 2.65. The van der Waals surface area contributed by atoms with Crippen LogP contribution in [-0.2, 0) is 13.0 Å². The van der Waals surface area contributed by atoms with Crippen LogP contribution in [0.15, 0.2) is 59.7 Å². The van der Waals surface area contributed by atoms with Gasteiger partial charge in [0, 0.05) is 49.1 Å². The number of rotatable bonds is 7. The molecule has 1 atom stereocenters. The summed E-state index contributed by atoms with van der Waals surface area (Å²) in [4.78, 5) is 23.9. The minimum atomic E-state index is -0.267. The van der Waals surface area contributed by atoms with Gasteiger partial charge in [0.05, 0.1) is 0 Å². The van der Waals surface area contributed by atoms with Gasteiger partial charge in [0.1, 0.15) is 11.6 Å². The summed E-state index contributed by atoms with van der Waals surface area (Å²) >= 11 is 0. The summed E-state index contributed by atoms with van der Waals surface area (Å²) in [5.74, 6) is 0.885. The molecule has 0 spiro atoms. The molecule has 0 unspecified atom stereocenters. The van der Waals surface area contributed by atoms with E-state index in [1.807, 2.05) is 18.3 Å². The maximum absolute atomic E-state index is 13.4. The molecule has 0 aliphatic heterocycles. The molecule has 2 aromatic heterocycles. The molecule has 28 heavy (non-hydrogen) atoms. The van der Waals surface area contributed by atoms with Crippen LogP contribution < -0.4 is 10.9 Å². The van der Waals surface area contributed by atoms with Crippen LogP contribution in [0.5, 0.6) is 0 Å². The predicted octanol–water partition coefficient (Wildman–Crippen LogP) is 3.65. The molecule has 1 aliphatic rings. The third-order valence-corrected chi connectivity index (χ3v) is 5.27. The highest BCUT2D eigenvalue weighted by molar-refractivity contribution is 5.23. The highest BCUT2D eigenvalue weighted by Gasteiger charge is 2.23. The van der Waals surface area contributed by atoms with Crippen LogP contribution in [0.4, 0.5) is 4.39 Å². The highest BCUT2D eigenvalue weighted by atomic mass is 19.1. The van der Waals surface area contributed by atoms with Crippen molar-refractivity contribution in [2.75, 3.05) is 0 Å². The Hall–Kier alpha value is -2.86. The first-order chi connectivity index (χ1) is 13.7. The monoisotopic (exact) mass is 378 g/mol. The molecule has 0 bridgehead atoms. The third kappa shape index (κ3) is 4.51. The van der Waals surface area contributed by atoms with Gasteiger partial charge in [-0.25, -0.2) is 9.37 Å². The van der Waals surface area contributed by atoms with E-state index in [4.69, 9.17) is 4.98 Å². The molecule has 0 saturated heterocycles. The Bertz CT molecular complexity index is 968. The van der Waals surface area contributed by atoms with Gasteiger partial charge < -0.3 is 10.3 Å². The van der Waals surface area contributed by atoms with E-state index >= 15 is 0 Å². The second kappa shape index (κ2) is 8.44. The second-order valence-electron chi connectivity index (χ2n) is 7.30. The highest BCUT2D eigenvalue weighted by Crippen LogP contribution is 2.34. The van der Waals surface area contributed by atoms with Gasteiger partial charge in [-0.05, 0) is 42.2 Å². The van der Waals surface area contributed by atoms with Gasteiger partial charge in [-0.2, -0.15) is 0 Å². The summed E-state index contributed by atoms with van der Waals surface area (Å²) in [6.45, 7) is 0.620. The number of hydrogen-bond donors (Lipinski definition) is 2. The molecular formula is C22H23FN4O. The number of aromatic nitrogens is 3. The maximum atomic E-state index is 13.4. The first kappa shape index (κ1) is 18.5. The van der Waals surface area contributed by atoms with Crippen molar-refractivity contribution in [3.05, 3.63) is 93.7 Å². The van der Waals surface area contributed by atoms with Crippen LogP contribution in [0.1, 0.15) is 53.9 Å². The summed E-state index contributed by atoms with van der Waals surface area (Å²) in [5, 5.41) is 3.50. The van der Waals surface area contributed by atoms with Crippen LogP contribution in [0.25, 0.3) is 0 Å². The fraction of sp³-hybridized carbons (Fsp3) is 0.318. The van der Waals surface area contributed by atoms with E-state index in [2.05, 4.69) is 15.3 Å². The average Bonchev–Trinajstić information content (AvgIpc) is 2.65. The summed E-state index contributed by atoms with van der Waals surface area (Å²) in [7, 11) is 0. The van der Waals surface area contributed by atoms with Crippen molar-refractivity contribution in [2.24, 2.45) is 0 Å². The Morgan fingerprint density at radius 3 is 2.71 bits per heavy atom. The molecule has 1 aliphatic carbocycles. The average molecular weight is 378 g/mol. The molecule has 2 N–H and O–H groups in total. The molecule has 1 saturated carbocycles. The minimum Gasteiger partial charge on any atom is -0.310 e. The molecule has 3 aromatic rings. The standard InChI is InChI=1S/C22H23FN4O/c23-18-8-6-16(7-9-18)20(25-14-15-3-2-10-24-13-15)11-19-12-21(28)27-22(26-19)17-4-1-5-17/h2-3,6-10,12-13,17,20,25H,1,4-5,11,14H2,(H,26,27,28)/t20-/m0/s1. The van der Waals surface area contributed by atoms with Crippen LogP contribution in [-0.4, -0.2) is 15.0 Å². The lowest BCUT2D eigenvalue weighted by molar-refractivity contribution is 0.398. The van der Waals surface area contributed by atoms with Crippen molar-refractivity contribution in [3.8, 4) is 0 Å². The predicted molar refractivity (Wildman–Crippen MR) is 105 cm³/mol. The lowest BCUT2D eigenvalue weighted by Gasteiger charge is -2.25. The van der Waals surface area contributed by atoms with Crippen molar-refractivity contribution in [2.45, 2.75) is 44.2 Å². The van der Waals surface area contributed by atoms with Gasteiger partial charge in [-0.3, -0.25) is 9.78 Å². The van der Waals surface area contributed by atoms with Crippen molar-refractivity contribution >= 4 is 0 Å². The first-order valence-corrected chi connectivity index (χ1v) is 9.65. The van der Waals surface area contributed by atoms with Crippen LogP contribution in [0.3, 0.4) is 0 Å². The van der Waals surface area contributed by atoms with Crippen molar-refractivity contribution in [3.63, 3.8) is 0 Å². The van der Waals surface area contributed by atoms with E-state index in [-0.39, 0.29) is 17.4 Å². The Balaban J connectivity index is 1.57. The van der Waals surface area contributed by atoms with E-state index < -0.39 is 0 Å². The molecule has 5 nitrogen and oxygen atoms in total. The lowest BCUT2D eigenvalue weighted by atomic mass is 9.85. The molecule has 1 aromatic carbocycles. The largest absolute Gasteiger partial charge is 0.310 e. The van der Waals surface area contributed by atoms with E-state index in [0.717, 1.165) is 35.5 Å². The Morgan fingerprint density at radius 1 is 1.21 bits per heavy atom. The number of halogens is 1. The first-order valence-electron chi connectivity index (χ1n) is 9.65.